The van der Waals surface area contributed by atoms with Crippen molar-refractivity contribution in [1.82, 2.24) is 4.31 Å². The van der Waals surface area contributed by atoms with E-state index in [4.69, 9.17) is 9.47 Å². The molecule has 3 aliphatic heterocycles. The highest BCUT2D eigenvalue weighted by Crippen LogP contribution is 2.39. The number of fused-ring (bicyclic) bond motifs is 2. The Morgan fingerprint density at radius 2 is 1.90 bits per heavy atom. The molecule has 0 spiro atoms. The van der Waals surface area contributed by atoms with E-state index in [1.165, 1.54) is 4.31 Å². The number of hydrogen-bond acceptors (Lipinski definition) is 5. The summed E-state index contributed by atoms with van der Waals surface area (Å²) in [6.07, 6.45) is 0.680. The van der Waals surface area contributed by atoms with Crippen molar-refractivity contribution in [3.05, 3.63) is 0 Å². The van der Waals surface area contributed by atoms with Crippen LogP contribution in [0.3, 0.4) is 0 Å². The maximum Gasteiger partial charge on any atom is 0.220 e. The van der Waals surface area contributed by atoms with Crippen LogP contribution in [0.1, 0.15) is 33.1 Å². The van der Waals surface area contributed by atoms with E-state index in [0.717, 1.165) is 0 Å². The lowest BCUT2D eigenvalue weighted by Gasteiger charge is -2.38. The molecule has 2 bridgehead atoms. The summed E-state index contributed by atoms with van der Waals surface area (Å²) in [4.78, 5) is 12.5. The lowest BCUT2D eigenvalue weighted by atomic mass is 9.83. The summed E-state index contributed by atoms with van der Waals surface area (Å²) in [6.45, 7) is 5.28. The van der Waals surface area contributed by atoms with E-state index < -0.39 is 21.5 Å². The highest BCUT2D eigenvalue weighted by atomic mass is 32.2. The SMILES string of the molecule is CC(C)[C@@H]1C[C@H]2CO[C@@H](C1=O)N2S(=O)(=O)C1CCOCC1. The van der Waals surface area contributed by atoms with Gasteiger partial charge in [0.25, 0.3) is 0 Å². The summed E-state index contributed by atoms with van der Waals surface area (Å²) in [6, 6.07) is -0.187. The minimum Gasteiger partial charge on any atom is -0.381 e. The molecular formula is C14H23NO5S. The van der Waals surface area contributed by atoms with Crippen molar-refractivity contribution < 1.29 is 22.7 Å². The molecule has 120 valence electrons. The molecular weight excluding hydrogens is 294 g/mol. The van der Waals surface area contributed by atoms with Gasteiger partial charge in [-0.3, -0.25) is 4.79 Å². The highest BCUT2D eigenvalue weighted by Gasteiger charge is 2.54. The van der Waals surface area contributed by atoms with Gasteiger partial charge in [0.2, 0.25) is 10.0 Å². The largest absolute Gasteiger partial charge is 0.381 e. The van der Waals surface area contributed by atoms with Gasteiger partial charge in [-0.15, -0.1) is 0 Å². The van der Waals surface area contributed by atoms with E-state index in [0.29, 0.717) is 39.1 Å². The van der Waals surface area contributed by atoms with E-state index in [-0.39, 0.29) is 23.7 Å². The van der Waals surface area contributed by atoms with Crippen LogP contribution in [-0.2, 0) is 24.3 Å². The van der Waals surface area contributed by atoms with Crippen LogP contribution < -0.4 is 0 Å². The molecule has 3 rings (SSSR count). The first kappa shape index (κ1) is 15.4. The molecule has 6 nitrogen and oxygen atoms in total. The fourth-order valence-electron chi connectivity index (χ4n) is 3.60. The van der Waals surface area contributed by atoms with Crippen LogP contribution in [-0.4, -0.2) is 55.8 Å². The molecule has 3 saturated heterocycles. The third-order valence-electron chi connectivity index (χ3n) is 4.86. The molecule has 0 unspecified atom stereocenters. The summed E-state index contributed by atoms with van der Waals surface area (Å²) in [7, 11) is -3.50. The van der Waals surface area contributed by atoms with Gasteiger partial charge in [-0.1, -0.05) is 13.8 Å². The van der Waals surface area contributed by atoms with Crippen molar-refractivity contribution in [3.63, 3.8) is 0 Å². The van der Waals surface area contributed by atoms with Crippen molar-refractivity contribution in [2.45, 2.75) is 50.6 Å². The molecule has 0 saturated carbocycles. The molecule has 21 heavy (non-hydrogen) atoms. The molecule has 0 aromatic heterocycles. The topological polar surface area (TPSA) is 72.9 Å². The minimum absolute atomic E-state index is 0.0746. The van der Waals surface area contributed by atoms with Crippen LogP contribution in [0.25, 0.3) is 0 Å². The number of sulfonamides is 1. The standard InChI is InChI=1S/C14H23NO5S/c1-9(2)12-7-10-8-20-14(13(12)16)15(10)21(17,18)11-3-5-19-6-4-11/h9-12,14H,3-8H2,1-2H3/t10-,12-,14-/m0/s1. The molecule has 0 amide bonds. The van der Waals surface area contributed by atoms with Gasteiger partial charge >= 0.3 is 0 Å². The Hall–Kier alpha value is -0.500. The molecule has 3 atom stereocenters. The van der Waals surface area contributed by atoms with Gasteiger partial charge in [0.1, 0.15) is 0 Å². The van der Waals surface area contributed by atoms with Gasteiger partial charge in [0.15, 0.2) is 12.0 Å². The number of carbonyl (C=O) groups excluding carboxylic acids is 1. The second-order valence-corrected chi connectivity index (χ2v) is 8.63. The summed E-state index contributed by atoms with van der Waals surface area (Å²) in [5.74, 6) is 0.0511. The Morgan fingerprint density at radius 3 is 2.52 bits per heavy atom. The quantitative estimate of drug-likeness (QED) is 0.768. The first-order valence-electron chi connectivity index (χ1n) is 7.68. The Bertz CT molecular complexity index is 511. The van der Waals surface area contributed by atoms with Crippen LogP contribution in [0.4, 0.5) is 0 Å². The zero-order chi connectivity index (χ0) is 15.2. The fourth-order valence-corrected chi connectivity index (χ4v) is 5.73. The van der Waals surface area contributed by atoms with Crippen molar-refractivity contribution in [2.24, 2.45) is 11.8 Å². The predicted molar refractivity (Wildman–Crippen MR) is 76.1 cm³/mol. The van der Waals surface area contributed by atoms with Crippen LogP contribution in [0.15, 0.2) is 0 Å². The first-order valence-corrected chi connectivity index (χ1v) is 9.18. The molecule has 0 aliphatic carbocycles. The second kappa shape index (κ2) is 5.61. The Morgan fingerprint density at radius 1 is 1.24 bits per heavy atom. The number of nitrogens with zero attached hydrogens (tertiary/aromatic N) is 1. The lowest BCUT2D eigenvalue weighted by Crippen LogP contribution is -2.56. The second-order valence-electron chi connectivity index (χ2n) is 6.51. The third kappa shape index (κ3) is 2.54. The number of carbonyl (C=O) groups is 1. The first-order chi connectivity index (χ1) is 9.93. The Labute approximate surface area is 125 Å². The van der Waals surface area contributed by atoms with Crippen LogP contribution in [0.5, 0.6) is 0 Å². The summed E-state index contributed by atoms with van der Waals surface area (Å²) in [5.41, 5.74) is 0. The van der Waals surface area contributed by atoms with Crippen molar-refractivity contribution in [3.8, 4) is 0 Å². The molecule has 3 heterocycles. The van der Waals surface area contributed by atoms with Crippen molar-refractivity contribution >= 4 is 15.8 Å². The van der Waals surface area contributed by atoms with Gasteiger partial charge in [-0.25, -0.2) is 8.42 Å². The molecule has 0 radical (unpaired) electrons. The minimum atomic E-state index is -3.50. The Kier molecular flexibility index (Phi) is 4.11. The van der Waals surface area contributed by atoms with E-state index in [2.05, 4.69) is 0 Å². The third-order valence-corrected chi connectivity index (χ3v) is 7.25. The monoisotopic (exact) mass is 317 g/mol. The van der Waals surface area contributed by atoms with E-state index in [1.54, 1.807) is 0 Å². The maximum absolute atomic E-state index is 12.9. The van der Waals surface area contributed by atoms with Crippen LogP contribution in [0, 0.1) is 11.8 Å². The molecule has 3 fully saturated rings. The smallest absolute Gasteiger partial charge is 0.220 e. The number of piperidine rings is 1. The number of hydrogen-bond donors (Lipinski definition) is 0. The predicted octanol–water partition coefficient (Wildman–Crippen LogP) is 0.767. The highest BCUT2D eigenvalue weighted by molar-refractivity contribution is 7.89. The van der Waals surface area contributed by atoms with Gasteiger partial charge in [-0.2, -0.15) is 4.31 Å². The number of ether oxygens (including phenoxy) is 2. The van der Waals surface area contributed by atoms with E-state index >= 15 is 0 Å². The zero-order valence-corrected chi connectivity index (χ0v) is 13.3. The molecule has 0 N–H and O–H groups in total. The van der Waals surface area contributed by atoms with Gasteiger partial charge in [0, 0.05) is 19.1 Å². The number of ketones is 1. The van der Waals surface area contributed by atoms with Gasteiger partial charge in [0.05, 0.1) is 17.9 Å². The molecule has 3 aliphatic rings. The summed E-state index contributed by atoms with van der Waals surface area (Å²) < 4.78 is 37.9. The molecule has 0 aromatic rings. The van der Waals surface area contributed by atoms with Gasteiger partial charge < -0.3 is 9.47 Å². The number of Topliss-reactive ketones (excluding diaryl/α,β-unsaturated/α-hetero) is 1. The average Bonchev–Trinajstić information content (AvgIpc) is 2.82. The summed E-state index contributed by atoms with van der Waals surface area (Å²) >= 11 is 0. The fraction of sp³-hybridized carbons (Fsp3) is 0.929. The maximum atomic E-state index is 12.9. The van der Waals surface area contributed by atoms with Crippen molar-refractivity contribution in [2.75, 3.05) is 19.8 Å². The van der Waals surface area contributed by atoms with Crippen molar-refractivity contribution in [1.29, 1.82) is 0 Å². The average molecular weight is 317 g/mol. The normalized spacial score (nSPS) is 35.6. The van der Waals surface area contributed by atoms with Crippen LogP contribution >= 0.6 is 0 Å². The van der Waals surface area contributed by atoms with E-state index in [1.807, 2.05) is 13.8 Å². The lowest BCUT2D eigenvalue weighted by molar-refractivity contribution is -0.139. The molecule has 0 aromatic carbocycles. The number of rotatable bonds is 3. The Balaban J connectivity index is 1.85. The zero-order valence-electron chi connectivity index (χ0n) is 12.5. The van der Waals surface area contributed by atoms with E-state index in [9.17, 15) is 13.2 Å². The van der Waals surface area contributed by atoms with Crippen LogP contribution in [0.2, 0.25) is 0 Å². The molecule has 7 heteroatoms. The van der Waals surface area contributed by atoms with Gasteiger partial charge in [-0.05, 0) is 25.2 Å². The summed E-state index contributed by atoms with van der Waals surface area (Å²) in [5, 5.41) is -0.443.